The lowest BCUT2D eigenvalue weighted by atomic mass is 10.1. The molecule has 0 radical (unpaired) electrons. The number of halogens is 1. The van der Waals surface area contributed by atoms with E-state index < -0.39 is 0 Å². The second kappa shape index (κ2) is 9.87. The molecule has 0 bridgehead atoms. The van der Waals surface area contributed by atoms with Crippen molar-refractivity contribution in [1.82, 2.24) is 5.32 Å². The summed E-state index contributed by atoms with van der Waals surface area (Å²) in [7, 11) is 1.72. The first kappa shape index (κ1) is 19.8. The normalized spacial score (nSPS) is 13.0. The summed E-state index contributed by atoms with van der Waals surface area (Å²) in [5, 5.41) is 15.3. The first-order valence-electron chi connectivity index (χ1n) is 8.15. The number of guanidine groups is 1. The van der Waals surface area contributed by atoms with Gasteiger partial charge in [-0.3, -0.25) is 4.99 Å². The molecule has 0 aromatic heterocycles. The van der Waals surface area contributed by atoms with Crippen molar-refractivity contribution in [3.8, 4) is 17.6 Å². The van der Waals surface area contributed by atoms with Crippen molar-refractivity contribution in [3.05, 3.63) is 53.6 Å². The number of hydrogen-bond acceptors (Lipinski definition) is 4. The van der Waals surface area contributed by atoms with Crippen LogP contribution in [0.15, 0.2) is 47.5 Å². The predicted molar refractivity (Wildman–Crippen MR) is 112 cm³/mol. The number of benzene rings is 2. The van der Waals surface area contributed by atoms with E-state index in [1.807, 2.05) is 30.3 Å². The fourth-order valence-electron chi connectivity index (χ4n) is 2.44. The van der Waals surface area contributed by atoms with Crippen molar-refractivity contribution in [1.29, 1.82) is 5.26 Å². The van der Waals surface area contributed by atoms with Gasteiger partial charge in [0.15, 0.2) is 17.5 Å². The summed E-state index contributed by atoms with van der Waals surface area (Å²) < 4.78 is 11.3. The minimum absolute atomic E-state index is 0. The van der Waals surface area contributed by atoms with Gasteiger partial charge in [-0.05, 0) is 29.8 Å². The van der Waals surface area contributed by atoms with Gasteiger partial charge in [0.1, 0.15) is 0 Å². The molecule has 0 spiro atoms. The first-order chi connectivity index (χ1) is 12.3. The van der Waals surface area contributed by atoms with E-state index in [1.165, 1.54) is 0 Å². The second-order valence-electron chi connectivity index (χ2n) is 5.57. The van der Waals surface area contributed by atoms with Crippen molar-refractivity contribution >= 4 is 35.6 Å². The van der Waals surface area contributed by atoms with Crippen molar-refractivity contribution in [2.24, 2.45) is 4.99 Å². The molecule has 1 heterocycles. The maximum atomic E-state index is 8.84. The van der Waals surface area contributed by atoms with Crippen LogP contribution >= 0.6 is 24.0 Å². The number of nitriles is 1. The number of aliphatic imine (C=N–C) groups is 1. The molecule has 7 heteroatoms. The SMILES string of the molecule is CN=C(NCc1ccc(C#N)cc1)Nc1ccc2c(c1)OCCCO2.I. The van der Waals surface area contributed by atoms with Gasteiger partial charge < -0.3 is 20.1 Å². The molecule has 26 heavy (non-hydrogen) atoms. The van der Waals surface area contributed by atoms with Crippen LogP contribution in [0.4, 0.5) is 5.69 Å². The average Bonchev–Trinajstić information content (AvgIpc) is 2.90. The zero-order valence-electron chi connectivity index (χ0n) is 14.5. The van der Waals surface area contributed by atoms with E-state index in [0.29, 0.717) is 31.3 Å². The Balaban J connectivity index is 0.00000243. The van der Waals surface area contributed by atoms with E-state index in [4.69, 9.17) is 14.7 Å². The van der Waals surface area contributed by atoms with Crippen molar-refractivity contribution < 1.29 is 9.47 Å². The van der Waals surface area contributed by atoms with Crippen LogP contribution in [0.3, 0.4) is 0 Å². The standard InChI is InChI=1S/C19H20N4O2.HI/c1-21-19(22-13-15-5-3-14(12-20)4-6-15)23-16-7-8-17-18(11-16)25-10-2-9-24-17;/h3-8,11H,2,9-10,13H2,1H3,(H2,21,22,23);1H. The third-order valence-corrected chi connectivity index (χ3v) is 3.78. The summed E-state index contributed by atoms with van der Waals surface area (Å²) in [6, 6.07) is 15.3. The van der Waals surface area contributed by atoms with Crippen molar-refractivity contribution in [3.63, 3.8) is 0 Å². The molecule has 0 aliphatic carbocycles. The average molecular weight is 464 g/mol. The number of ether oxygens (including phenoxy) is 2. The van der Waals surface area contributed by atoms with E-state index in [2.05, 4.69) is 21.7 Å². The van der Waals surface area contributed by atoms with Gasteiger partial charge >= 0.3 is 0 Å². The van der Waals surface area contributed by atoms with Gasteiger partial charge in [-0.15, -0.1) is 24.0 Å². The molecular weight excluding hydrogens is 443 g/mol. The Labute approximate surface area is 170 Å². The van der Waals surface area contributed by atoms with Gasteiger partial charge in [0.05, 0.1) is 24.8 Å². The number of fused-ring (bicyclic) bond motifs is 1. The molecule has 2 aromatic rings. The molecule has 0 atom stereocenters. The number of rotatable bonds is 3. The molecule has 0 amide bonds. The smallest absolute Gasteiger partial charge is 0.195 e. The monoisotopic (exact) mass is 464 g/mol. The number of anilines is 1. The maximum Gasteiger partial charge on any atom is 0.195 e. The molecule has 0 unspecified atom stereocenters. The summed E-state index contributed by atoms with van der Waals surface area (Å²) >= 11 is 0. The summed E-state index contributed by atoms with van der Waals surface area (Å²) in [6.07, 6.45) is 0.880. The van der Waals surface area contributed by atoms with E-state index in [1.54, 1.807) is 19.2 Å². The van der Waals surface area contributed by atoms with Crippen LogP contribution in [0.2, 0.25) is 0 Å². The summed E-state index contributed by atoms with van der Waals surface area (Å²) in [5.41, 5.74) is 2.59. The Hall–Kier alpha value is -2.47. The van der Waals surface area contributed by atoms with Crippen LogP contribution in [0, 0.1) is 11.3 Å². The number of nitrogens with zero attached hydrogens (tertiary/aromatic N) is 2. The molecular formula is C19H21IN4O2. The number of hydrogen-bond donors (Lipinski definition) is 2. The highest BCUT2D eigenvalue weighted by molar-refractivity contribution is 14.0. The van der Waals surface area contributed by atoms with Crippen LogP contribution in [0.5, 0.6) is 11.5 Å². The van der Waals surface area contributed by atoms with Crippen LogP contribution in [-0.4, -0.2) is 26.2 Å². The lowest BCUT2D eigenvalue weighted by molar-refractivity contribution is 0.297. The van der Waals surface area contributed by atoms with Crippen LogP contribution in [0.25, 0.3) is 0 Å². The molecule has 1 aliphatic heterocycles. The third kappa shape index (κ3) is 5.26. The number of nitrogens with one attached hydrogen (secondary N) is 2. The highest BCUT2D eigenvalue weighted by Gasteiger charge is 2.11. The molecule has 136 valence electrons. The molecule has 2 aromatic carbocycles. The van der Waals surface area contributed by atoms with Crippen LogP contribution in [-0.2, 0) is 6.54 Å². The van der Waals surface area contributed by atoms with E-state index >= 15 is 0 Å². The van der Waals surface area contributed by atoms with Gasteiger partial charge in [0.25, 0.3) is 0 Å². The maximum absolute atomic E-state index is 8.84. The second-order valence-corrected chi connectivity index (χ2v) is 5.57. The fraction of sp³-hybridized carbons (Fsp3) is 0.263. The Morgan fingerprint density at radius 3 is 2.54 bits per heavy atom. The van der Waals surface area contributed by atoms with E-state index in [-0.39, 0.29) is 24.0 Å². The molecule has 0 saturated carbocycles. The van der Waals surface area contributed by atoms with Crippen molar-refractivity contribution in [2.75, 3.05) is 25.6 Å². The molecule has 0 saturated heterocycles. The molecule has 2 N–H and O–H groups in total. The van der Waals surface area contributed by atoms with Gasteiger partial charge in [-0.1, -0.05) is 12.1 Å². The topological polar surface area (TPSA) is 78.7 Å². The van der Waals surface area contributed by atoms with Gasteiger partial charge in [-0.25, -0.2) is 0 Å². The first-order valence-corrected chi connectivity index (χ1v) is 8.15. The predicted octanol–water partition coefficient (Wildman–Crippen LogP) is 3.53. The lowest BCUT2D eigenvalue weighted by Gasteiger charge is -2.14. The van der Waals surface area contributed by atoms with Gasteiger partial charge in [-0.2, -0.15) is 5.26 Å². The fourth-order valence-corrected chi connectivity index (χ4v) is 2.44. The minimum atomic E-state index is 0. The molecule has 6 nitrogen and oxygen atoms in total. The molecule has 3 rings (SSSR count). The molecule has 0 fully saturated rings. The zero-order chi connectivity index (χ0) is 17.5. The summed E-state index contributed by atoms with van der Waals surface area (Å²) in [6.45, 7) is 1.94. The summed E-state index contributed by atoms with van der Waals surface area (Å²) in [5.74, 6) is 2.16. The molecule has 1 aliphatic rings. The van der Waals surface area contributed by atoms with E-state index in [0.717, 1.165) is 29.2 Å². The Morgan fingerprint density at radius 1 is 1.12 bits per heavy atom. The zero-order valence-corrected chi connectivity index (χ0v) is 16.8. The quantitative estimate of drug-likeness (QED) is 0.413. The largest absolute Gasteiger partial charge is 0.490 e. The Morgan fingerprint density at radius 2 is 1.85 bits per heavy atom. The third-order valence-electron chi connectivity index (χ3n) is 3.78. The van der Waals surface area contributed by atoms with E-state index in [9.17, 15) is 0 Å². The van der Waals surface area contributed by atoms with Crippen LogP contribution < -0.4 is 20.1 Å². The minimum Gasteiger partial charge on any atom is -0.490 e. The lowest BCUT2D eigenvalue weighted by Crippen LogP contribution is -2.30. The Kier molecular flexibility index (Phi) is 7.53. The highest BCUT2D eigenvalue weighted by Crippen LogP contribution is 2.32. The Bertz CT molecular complexity index is 800. The van der Waals surface area contributed by atoms with Crippen molar-refractivity contribution in [2.45, 2.75) is 13.0 Å². The highest BCUT2D eigenvalue weighted by atomic mass is 127. The van der Waals surface area contributed by atoms with Gasteiger partial charge in [0, 0.05) is 31.8 Å². The summed E-state index contributed by atoms with van der Waals surface area (Å²) in [4.78, 5) is 4.23. The van der Waals surface area contributed by atoms with Crippen LogP contribution in [0.1, 0.15) is 17.5 Å². The van der Waals surface area contributed by atoms with Gasteiger partial charge in [0.2, 0.25) is 0 Å².